The van der Waals surface area contributed by atoms with Crippen LogP contribution in [0.2, 0.25) is 0 Å². The van der Waals surface area contributed by atoms with Crippen LogP contribution in [-0.4, -0.2) is 76.8 Å². The van der Waals surface area contributed by atoms with Gasteiger partial charge in [0.05, 0.1) is 30.8 Å². The van der Waals surface area contributed by atoms with Crippen molar-refractivity contribution in [2.75, 3.05) is 44.0 Å². The maximum absolute atomic E-state index is 12.4. The van der Waals surface area contributed by atoms with Crippen LogP contribution in [0.25, 0.3) is 0 Å². The Labute approximate surface area is 201 Å². The predicted octanol–water partition coefficient (Wildman–Crippen LogP) is 3.61. The Morgan fingerprint density at radius 2 is 1.71 bits per heavy atom. The summed E-state index contributed by atoms with van der Waals surface area (Å²) in [4.78, 5) is 28.1. The molecule has 3 aliphatic rings. The number of hydrogen-bond acceptors (Lipinski definition) is 7. The third-order valence-corrected chi connectivity index (χ3v) is 7.96. The fourth-order valence-corrected chi connectivity index (χ4v) is 5.41. The van der Waals surface area contributed by atoms with Gasteiger partial charge in [0.15, 0.2) is 9.84 Å². The monoisotopic (exact) mass is 494 g/mol. The third kappa shape index (κ3) is 6.41. The van der Waals surface area contributed by atoms with Gasteiger partial charge in [-0.15, -0.1) is 0 Å². The summed E-state index contributed by atoms with van der Waals surface area (Å²) in [6.07, 6.45) is 7.52. The summed E-state index contributed by atoms with van der Waals surface area (Å²) in [6.45, 7) is 2.33. The van der Waals surface area contributed by atoms with E-state index in [1.54, 1.807) is 17.0 Å². The van der Waals surface area contributed by atoms with E-state index in [-0.39, 0.29) is 23.7 Å². The van der Waals surface area contributed by atoms with E-state index in [9.17, 15) is 18.0 Å². The van der Waals surface area contributed by atoms with Crippen molar-refractivity contribution >= 4 is 27.7 Å². The van der Waals surface area contributed by atoms with E-state index in [2.05, 4.69) is 0 Å². The van der Waals surface area contributed by atoms with Gasteiger partial charge in [0.25, 0.3) is 0 Å². The Kier molecular flexibility index (Phi) is 7.98. The van der Waals surface area contributed by atoms with E-state index in [0.717, 1.165) is 31.9 Å². The minimum absolute atomic E-state index is 0.00388. The lowest BCUT2D eigenvalue weighted by atomic mass is 9.90. The van der Waals surface area contributed by atoms with Crippen molar-refractivity contribution in [3.63, 3.8) is 0 Å². The molecule has 2 saturated heterocycles. The molecule has 34 heavy (non-hydrogen) atoms. The lowest BCUT2D eigenvalue weighted by molar-refractivity contribution is -0.0277. The number of piperidine rings is 1. The summed E-state index contributed by atoms with van der Waals surface area (Å²) in [6, 6.07) is 6.17. The number of benzene rings is 1. The second-order valence-corrected chi connectivity index (χ2v) is 11.5. The quantitative estimate of drug-likeness (QED) is 0.570. The van der Waals surface area contributed by atoms with Crippen molar-refractivity contribution in [2.24, 2.45) is 5.92 Å². The number of likely N-dealkylation sites (tertiary alicyclic amines) is 1. The van der Waals surface area contributed by atoms with Crippen LogP contribution >= 0.6 is 0 Å². The number of hydrogen-bond donors (Lipinski definition) is 0. The highest BCUT2D eigenvalue weighted by Crippen LogP contribution is 2.26. The highest BCUT2D eigenvalue weighted by Gasteiger charge is 2.34. The molecule has 3 fully saturated rings. The predicted molar refractivity (Wildman–Crippen MR) is 126 cm³/mol. The summed E-state index contributed by atoms with van der Waals surface area (Å²) >= 11 is 0. The SMILES string of the molecule is CS(=O)(=O)c1ccc(N2CC(COC3CCN(C(=O)OCC4CCCCC4)CC3)OC2=O)cc1. The van der Waals surface area contributed by atoms with Gasteiger partial charge in [-0.05, 0) is 55.9 Å². The molecule has 1 unspecified atom stereocenters. The minimum atomic E-state index is -3.29. The maximum atomic E-state index is 12.4. The number of nitrogens with zero attached hydrogens (tertiary/aromatic N) is 2. The Bertz CT molecular complexity index is 952. The zero-order valence-electron chi connectivity index (χ0n) is 19.7. The molecule has 1 atom stereocenters. The second kappa shape index (κ2) is 10.9. The number of carbonyl (C=O) groups is 2. The summed E-state index contributed by atoms with van der Waals surface area (Å²) in [7, 11) is -3.29. The fraction of sp³-hybridized carbons (Fsp3) is 0.667. The Morgan fingerprint density at radius 1 is 1.03 bits per heavy atom. The van der Waals surface area contributed by atoms with E-state index >= 15 is 0 Å². The molecule has 2 aliphatic heterocycles. The summed E-state index contributed by atoms with van der Waals surface area (Å²) < 4.78 is 40.2. The van der Waals surface area contributed by atoms with E-state index in [0.29, 0.717) is 37.8 Å². The molecule has 1 saturated carbocycles. The number of anilines is 1. The van der Waals surface area contributed by atoms with E-state index < -0.39 is 22.0 Å². The van der Waals surface area contributed by atoms with Crippen molar-refractivity contribution in [1.29, 1.82) is 0 Å². The van der Waals surface area contributed by atoms with Crippen LogP contribution < -0.4 is 4.90 Å². The Morgan fingerprint density at radius 3 is 2.35 bits per heavy atom. The first-order chi connectivity index (χ1) is 16.3. The van der Waals surface area contributed by atoms with E-state index in [1.165, 1.54) is 36.3 Å². The van der Waals surface area contributed by atoms with Crippen molar-refractivity contribution in [3.8, 4) is 0 Å². The van der Waals surface area contributed by atoms with Gasteiger partial charge >= 0.3 is 12.2 Å². The zero-order valence-corrected chi connectivity index (χ0v) is 20.5. The molecule has 10 heteroatoms. The van der Waals surface area contributed by atoms with E-state index in [4.69, 9.17) is 14.2 Å². The van der Waals surface area contributed by atoms with Crippen LogP contribution in [0.15, 0.2) is 29.2 Å². The Hall–Kier alpha value is -2.33. The molecule has 1 aromatic carbocycles. The van der Waals surface area contributed by atoms with Gasteiger partial charge in [0, 0.05) is 25.0 Å². The van der Waals surface area contributed by atoms with Crippen molar-refractivity contribution in [3.05, 3.63) is 24.3 Å². The first kappa shape index (κ1) is 24.8. The molecule has 0 radical (unpaired) electrons. The molecule has 0 N–H and O–H groups in total. The van der Waals surface area contributed by atoms with Crippen LogP contribution in [-0.2, 0) is 24.0 Å². The normalized spacial score (nSPS) is 22.6. The molecule has 1 aliphatic carbocycles. The van der Waals surface area contributed by atoms with Gasteiger partial charge < -0.3 is 19.1 Å². The topological polar surface area (TPSA) is 102 Å². The van der Waals surface area contributed by atoms with Gasteiger partial charge in [-0.25, -0.2) is 18.0 Å². The van der Waals surface area contributed by atoms with Gasteiger partial charge in [-0.2, -0.15) is 0 Å². The smallest absolute Gasteiger partial charge is 0.414 e. The first-order valence-electron chi connectivity index (χ1n) is 12.1. The molecule has 9 nitrogen and oxygen atoms in total. The van der Waals surface area contributed by atoms with Crippen LogP contribution in [0.3, 0.4) is 0 Å². The van der Waals surface area contributed by atoms with Gasteiger partial charge in [0.1, 0.15) is 6.10 Å². The summed E-state index contributed by atoms with van der Waals surface area (Å²) in [5, 5.41) is 0. The second-order valence-electron chi connectivity index (χ2n) is 9.48. The fourth-order valence-electron chi connectivity index (χ4n) is 4.78. The van der Waals surface area contributed by atoms with Crippen LogP contribution in [0, 0.1) is 5.92 Å². The lowest BCUT2D eigenvalue weighted by Crippen LogP contribution is -2.42. The standard InChI is InChI=1S/C24H34N2O7S/c1-34(29,30)22-9-7-19(8-10-22)26-15-21(33-24(26)28)17-31-20-11-13-25(14-12-20)23(27)32-16-18-5-3-2-4-6-18/h7-10,18,20-21H,2-6,11-17H2,1H3. The third-order valence-electron chi connectivity index (χ3n) is 6.84. The van der Waals surface area contributed by atoms with Crippen LogP contribution in [0.1, 0.15) is 44.9 Å². The van der Waals surface area contributed by atoms with Crippen molar-refractivity contribution in [1.82, 2.24) is 4.90 Å². The number of sulfone groups is 1. The molecular formula is C24H34N2O7S. The van der Waals surface area contributed by atoms with Crippen molar-refractivity contribution in [2.45, 2.75) is 62.0 Å². The molecule has 188 valence electrons. The summed E-state index contributed by atoms with van der Waals surface area (Å²) in [5.74, 6) is 0.505. The lowest BCUT2D eigenvalue weighted by Gasteiger charge is -2.32. The molecule has 2 heterocycles. The van der Waals surface area contributed by atoms with E-state index in [1.807, 2.05) is 0 Å². The Balaban J connectivity index is 1.17. The average molecular weight is 495 g/mol. The number of rotatable bonds is 7. The zero-order chi connectivity index (χ0) is 24.1. The molecule has 0 spiro atoms. The molecule has 1 aromatic rings. The average Bonchev–Trinajstić information content (AvgIpc) is 3.22. The van der Waals surface area contributed by atoms with Gasteiger partial charge in [0.2, 0.25) is 0 Å². The van der Waals surface area contributed by atoms with Gasteiger partial charge in [-0.3, -0.25) is 4.90 Å². The maximum Gasteiger partial charge on any atom is 0.414 e. The number of cyclic esters (lactones) is 1. The van der Waals surface area contributed by atoms with Crippen molar-refractivity contribution < 1.29 is 32.2 Å². The number of amides is 2. The molecule has 0 aromatic heterocycles. The highest BCUT2D eigenvalue weighted by atomic mass is 32.2. The summed E-state index contributed by atoms with van der Waals surface area (Å²) in [5.41, 5.74) is 0.583. The van der Waals surface area contributed by atoms with Crippen LogP contribution in [0.4, 0.5) is 15.3 Å². The first-order valence-corrected chi connectivity index (χ1v) is 14.0. The van der Waals surface area contributed by atoms with Gasteiger partial charge in [-0.1, -0.05) is 19.3 Å². The molecule has 0 bridgehead atoms. The minimum Gasteiger partial charge on any atom is -0.449 e. The number of carbonyl (C=O) groups excluding carboxylic acids is 2. The molecule has 2 amide bonds. The highest BCUT2D eigenvalue weighted by molar-refractivity contribution is 7.90. The number of ether oxygens (including phenoxy) is 3. The van der Waals surface area contributed by atoms with Crippen LogP contribution in [0.5, 0.6) is 0 Å². The largest absolute Gasteiger partial charge is 0.449 e. The molecule has 4 rings (SSSR count). The molecular weight excluding hydrogens is 460 g/mol.